The fourth-order valence-corrected chi connectivity index (χ4v) is 3.36. The van der Waals surface area contributed by atoms with Gasteiger partial charge < -0.3 is 14.4 Å². The first-order valence-corrected chi connectivity index (χ1v) is 8.56. The highest BCUT2D eigenvalue weighted by Gasteiger charge is 2.42. The third-order valence-electron chi connectivity index (χ3n) is 4.57. The molecule has 6 nitrogen and oxygen atoms in total. The average Bonchev–Trinajstić information content (AvgIpc) is 3.07. The van der Waals surface area contributed by atoms with Crippen LogP contribution >= 0.6 is 0 Å². The predicted molar refractivity (Wildman–Crippen MR) is 88.1 cm³/mol. The van der Waals surface area contributed by atoms with E-state index in [1.807, 2.05) is 23.9 Å². The molecular formula is C17H29N3O3. The molecule has 1 saturated heterocycles. The normalized spacial score (nSPS) is 22.2. The summed E-state index contributed by atoms with van der Waals surface area (Å²) in [6, 6.07) is 1.94. The van der Waals surface area contributed by atoms with Crippen LogP contribution < -0.4 is 0 Å². The summed E-state index contributed by atoms with van der Waals surface area (Å²) in [7, 11) is 1.68. The van der Waals surface area contributed by atoms with Gasteiger partial charge in [0.05, 0.1) is 12.0 Å². The SMILES string of the molecule is CCOC(=O)[C@]1(CCOC)CCCN(CCCn2cccn2)C1. The van der Waals surface area contributed by atoms with Crippen molar-refractivity contribution in [3.63, 3.8) is 0 Å². The number of nitrogens with zero attached hydrogens (tertiary/aromatic N) is 3. The van der Waals surface area contributed by atoms with Crippen molar-refractivity contribution >= 4 is 5.97 Å². The van der Waals surface area contributed by atoms with E-state index in [0.717, 1.165) is 51.9 Å². The molecule has 0 spiro atoms. The second kappa shape index (κ2) is 9.03. The molecule has 1 aromatic heterocycles. The fourth-order valence-electron chi connectivity index (χ4n) is 3.36. The van der Waals surface area contributed by atoms with E-state index in [0.29, 0.717) is 13.2 Å². The molecule has 0 radical (unpaired) electrons. The Balaban J connectivity index is 1.90. The highest BCUT2D eigenvalue weighted by atomic mass is 16.5. The van der Waals surface area contributed by atoms with Crippen LogP contribution in [0.25, 0.3) is 0 Å². The van der Waals surface area contributed by atoms with E-state index >= 15 is 0 Å². The monoisotopic (exact) mass is 323 g/mol. The molecule has 0 saturated carbocycles. The summed E-state index contributed by atoms with van der Waals surface area (Å²) in [4.78, 5) is 14.9. The van der Waals surface area contributed by atoms with Crippen LogP contribution in [0.3, 0.4) is 0 Å². The second-order valence-corrected chi connectivity index (χ2v) is 6.25. The summed E-state index contributed by atoms with van der Waals surface area (Å²) >= 11 is 0. The van der Waals surface area contributed by atoms with E-state index in [1.54, 1.807) is 13.3 Å². The first-order valence-electron chi connectivity index (χ1n) is 8.56. The number of aromatic nitrogens is 2. The minimum absolute atomic E-state index is 0.0613. The zero-order valence-corrected chi connectivity index (χ0v) is 14.4. The van der Waals surface area contributed by atoms with Gasteiger partial charge in [-0.25, -0.2) is 0 Å². The molecule has 1 aromatic rings. The van der Waals surface area contributed by atoms with Crippen molar-refractivity contribution in [1.82, 2.24) is 14.7 Å². The third kappa shape index (κ3) is 5.04. The third-order valence-corrected chi connectivity index (χ3v) is 4.57. The summed E-state index contributed by atoms with van der Waals surface area (Å²) in [6.07, 6.45) is 7.48. The Kier molecular flexibility index (Phi) is 7.05. The molecule has 1 aliphatic rings. The van der Waals surface area contributed by atoms with E-state index in [1.165, 1.54) is 0 Å². The van der Waals surface area contributed by atoms with Gasteiger partial charge in [0.1, 0.15) is 0 Å². The maximum absolute atomic E-state index is 12.5. The van der Waals surface area contributed by atoms with Crippen LogP contribution in [-0.4, -0.2) is 60.6 Å². The average molecular weight is 323 g/mol. The number of carbonyl (C=O) groups is 1. The Labute approximate surface area is 138 Å². The lowest BCUT2D eigenvalue weighted by Crippen LogP contribution is -2.49. The quantitative estimate of drug-likeness (QED) is 0.650. The number of hydrogen-bond donors (Lipinski definition) is 0. The molecule has 2 heterocycles. The minimum atomic E-state index is -0.407. The van der Waals surface area contributed by atoms with Crippen molar-refractivity contribution in [3.8, 4) is 0 Å². The lowest BCUT2D eigenvalue weighted by molar-refractivity contribution is -0.160. The fraction of sp³-hybridized carbons (Fsp3) is 0.765. The number of methoxy groups -OCH3 is 1. The summed E-state index contributed by atoms with van der Waals surface area (Å²) in [5, 5.41) is 4.23. The van der Waals surface area contributed by atoms with Crippen LogP contribution in [0.2, 0.25) is 0 Å². The number of likely N-dealkylation sites (tertiary alicyclic amines) is 1. The number of hydrogen-bond acceptors (Lipinski definition) is 5. The molecule has 1 aliphatic heterocycles. The van der Waals surface area contributed by atoms with E-state index in [-0.39, 0.29) is 5.97 Å². The number of aryl methyl sites for hydroxylation is 1. The Hall–Kier alpha value is -1.40. The number of rotatable bonds is 9. The van der Waals surface area contributed by atoms with Crippen LogP contribution in [-0.2, 0) is 20.8 Å². The molecule has 0 N–H and O–H groups in total. The van der Waals surface area contributed by atoms with Gasteiger partial charge in [-0.15, -0.1) is 0 Å². The van der Waals surface area contributed by atoms with Crippen LogP contribution in [0.1, 0.15) is 32.6 Å². The Morgan fingerprint density at radius 2 is 2.26 bits per heavy atom. The van der Waals surface area contributed by atoms with Gasteiger partial charge in [-0.05, 0) is 51.8 Å². The van der Waals surface area contributed by atoms with Gasteiger partial charge in [0.25, 0.3) is 0 Å². The van der Waals surface area contributed by atoms with Crippen LogP contribution in [0.15, 0.2) is 18.5 Å². The van der Waals surface area contributed by atoms with Crippen molar-refractivity contribution in [2.75, 3.05) is 40.0 Å². The lowest BCUT2D eigenvalue weighted by Gasteiger charge is -2.41. The van der Waals surface area contributed by atoms with Gasteiger partial charge in [0.2, 0.25) is 0 Å². The van der Waals surface area contributed by atoms with Gasteiger partial charge in [0.15, 0.2) is 0 Å². The van der Waals surface area contributed by atoms with Gasteiger partial charge in [0, 0.05) is 39.2 Å². The van der Waals surface area contributed by atoms with Crippen LogP contribution in [0.5, 0.6) is 0 Å². The molecule has 0 unspecified atom stereocenters. The zero-order valence-electron chi connectivity index (χ0n) is 14.4. The summed E-state index contributed by atoms with van der Waals surface area (Å²) < 4.78 is 12.5. The van der Waals surface area contributed by atoms with Crippen molar-refractivity contribution < 1.29 is 14.3 Å². The second-order valence-electron chi connectivity index (χ2n) is 6.25. The molecule has 0 aliphatic carbocycles. The number of piperidine rings is 1. The van der Waals surface area contributed by atoms with Crippen molar-refractivity contribution in [2.24, 2.45) is 5.41 Å². The molecule has 23 heavy (non-hydrogen) atoms. The molecule has 0 aromatic carbocycles. The van der Waals surface area contributed by atoms with Crippen molar-refractivity contribution in [3.05, 3.63) is 18.5 Å². The van der Waals surface area contributed by atoms with Gasteiger partial charge in [-0.3, -0.25) is 9.48 Å². The Morgan fingerprint density at radius 3 is 2.96 bits per heavy atom. The minimum Gasteiger partial charge on any atom is -0.466 e. The molecule has 1 fully saturated rings. The number of ether oxygens (including phenoxy) is 2. The summed E-state index contributed by atoms with van der Waals surface area (Å²) in [5.74, 6) is -0.0613. The molecule has 0 bridgehead atoms. The first-order chi connectivity index (χ1) is 11.2. The van der Waals surface area contributed by atoms with Gasteiger partial charge >= 0.3 is 5.97 Å². The molecule has 0 amide bonds. The van der Waals surface area contributed by atoms with E-state index < -0.39 is 5.41 Å². The lowest BCUT2D eigenvalue weighted by atomic mass is 9.77. The van der Waals surface area contributed by atoms with Crippen molar-refractivity contribution in [1.29, 1.82) is 0 Å². The maximum atomic E-state index is 12.5. The van der Waals surface area contributed by atoms with Gasteiger partial charge in [-0.2, -0.15) is 5.10 Å². The van der Waals surface area contributed by atoms with Crippen molar-refractivity contribution in [2.45, 2.75) is 39.2 Å². The Bertz CT molecular complexity index is 464. The Morgan fingerprint density at radius 1 is 1.39 bits per heavy atom. The maximum Gasteiger partial charge on any atom is 0.313 e. The topological polar surface area (TPSA) is 56.6 Å². The van der Waals surface area contributed by atoms with Crippen LogP contribution in [0, 0.1) is 5.41 Å². The highest BCUT2D eigenvalue weighted by Crippen LogP contribution is 2.35. The summed E-state index contributed by atoms with van der Waals surface area (Å²) in [5.41, 5.74) is -0.407. The van der Waals surface area contributed by atoms with E-state index in [4.69, 9.17) is 9.47 Å². The molecule has 6 heteroatoms. The van der Waals surface area contributed by atoms with Gasteiger partial charge in [-0.1, -0.05) is 0 Å². The molecule has 130 valence electrons. The number of carbonyl (C=O) groups excluding carboxylic acids is 1. The molecular weight excluding hydrogens is 294 g/mol. The highest BCUT2D eigenvalue weighted by molar-refractivity contribution is 5.77. The largest absolute Gasteiger partial charge is 0.466 e. The van der Waals surface area contributed by atoms with E-state index in [2.05, 4.69) is 10.00 Å². The van der Waals surface area contributed by atoms with Crippen LogP contribution in [0.4, 0.5) is 0 Å². The molecule has 2 rings (SSSR count). The number of esters is 1. The predicted octanol–water partition coefficient (Wildman–Crippen LogP) is 1.95. The summed E-state index contributed by atoms with van der Waals surface area (Å²) in [6.45, 7) is 6.61. The molecule has 1 atom stereocenters. The smallest absolute Gasteiger partial charge is 0.313 e. The first kappa shape index (κ1) is 17.9. The standard InChI is InChI=1S/C17H29N3O3/c1-3-23-16(21)17(8-14-22-2)7-4-10-19(15-17)11-6-13-20-12-5-9-18-20/h5,9,12H,3-4,6-8,10-11,13-15H2,1-2H3/t17-/m0/s1. The van der Waals surface area contributed by atoms with E-state index in [9.17, 15) is 4.79 Å². The zero-order chi connectivity index (χ0) is 16.5.